The Bertz CT molecular complexity index is 590. The highest BCUT2D eigenvalue weighted by atomic mass is 16.2. The van der Waals surface area contributed by atoms with Crippen LogP contribution in [0.25, 0.3) is 0 Å². The zero-order chi connectivity index (χ0) is 15.6. The zero-order valence-electron chi connectivity index (χ0n) is 13.7. The summed E-state index contributed by atoms with van der Waals surface area (Å²) in [5, 5.41) is 0. The monoisotopic (exact) mass is 311 g/mol. The molecular formula is C19H25N3O. The molecule has 2 unspecified atom stereocenters. The molecule has 1 aromatic rings. The molecule has 0 radical (unpaired) electrons. The summed E-state index contributed by atoms with van der Waals surface area (Å²) >= 11 is 0. The molecule has 0 bridgehead atoms. The van der Waals surface area contributed by atoms with E-state index in [1.54, 1.807) is 0 Å². The Labute approximate surface area is 138 Å². The van der Waals surface area contributed by atoms with Crippen LogP contribution in [-0.2, 0) is 0 Å². The van der Waals surface area contributed by atoms with E-state index in [1.807, 2.05) is 23.2 Å². The lowest BCUT2D eigenvalue weighted by Crippen LogP contribution is -2.37. The number of piperidine rings is 1. The van der Waals surface area contributed by atoms with E-state index in [2.05, 4.69) is 22.0 Å². The maximum atomic E-state index is 12.9. The second kappa shape index (κ2) is 6.34. The van der Waals surface area contributed by atoms with E-state index in [-0.39, 0.29) is 5.91 Å². The van der Waals surface area contributed by atoms with Crippen LogP contribution in [0.2, 0.25) is 0 Å². The highest BCUT2D eigenvalue weighted by Gasteiger charge is 2.35. The number of nitrogens with zero attached hydrogens (tertiary/aromatic N) is 3. The molecule has 4 nitrogen and oxygen atoms in total. The standard InChI is InChI=1S/C19H25N3O/c23-19(21-11-4-1-5-12-21)17-9-6-10-20-18(17)22-13-15-7-2-3-8-16(15)14-22/h2-3,6,9-10,15-16H,1,4-5,7-8,11-14H2. The van der Waals surface area contributed by atoms with Gasteiger partial charge in [0, 0.05) is 32.4 Å². The first-order valence-corrected chi connectivity index (χ1v) is 8.97. The predicted octanol–water partition coefficient (Wildman–Crippen LogP) is 3.11. The first-order chi connectivity index (χ1) is 11.3. The molecule has 0 aromatic carbocycles. The lowest BCUT2D eigenvalue weighted by molar-refractivity contribution is 0.0724. The summed E-state index contributed by atoms with van der Waals surface area (Å²) in [4.78, 5) is 21.9. The predicted molar refractivity (Wildman–Crippen MR) is 91.6 cm³/mol. The molecule has 2 aliphatic heterocycles. The summed E-state index contributed by atoms with van der Waals surface area (Å²) in [5.41, 5.74) is 0.793. The number of allylic oxidation sites excluding steroid dienone is 2. The van der Waals surface area contributed by atoms with Crippen LogP contribution in [0.3, 0.4) is 0 Å². The minimum Gasteiger partial charge on any atom is -0.355 e. The molecule has 2 fully saturated rings. The molecule has 3 heterocycles. The Kier molecular flexibility index (Phi) is 4.06. The molecule has 0 spiro atoms. The molecular weight excluding hydrogens is 286 g/mol. The van der Waals surface area contributed by atoms with Gasteiger partial charge >= 0.3 is 0 Å². The second-order valence-corrected chi connectivity index (χ2v) is 7.10. The van der Waals surface area contributed by atoms with Gasteiger partial charge in [0.1, 0.15) is 5.82 Å². The fourth-order valence-corrected chi connectivity index (χ4v) is 4.27. The summed E-state index contributed by atoms with van der Waals surface area (Å²) in [6.07, 6.45) is 12.3. The second-order valence-electron chi connectivity index (χ2n) is 7.10. The van der Waals surface area contributed by atoms with Gasteiger partial charge in [-0.05, 0) is 56.1 Å². The van der Waals surface area contributed by atoms with E-state index in [0.29, 0.717) is 0 Å². The lowest BCUT2D eigenvalue weighted by atomic mass is 9.86. The molecule has 1 aliphatic carbocycles. The molecule has 2 saturated heterocycles. The minimum absolute atomic E-state index is 0.167. The van der Waals surface area contributed by atoms with Crippen LogP contribution in [0.1, 0.15) is 42.5 Å². The van der Waals surface area contributed by atoms with Gasteiger partial charge in [0.15, 0.2) is 0 Å². The van der Waals surface area contributed by atoms with Gasteiger partial charge in [-0.25, -0.2) is 4.98 Å². The minimum atomic E-state index is 0.167. The van der Waals surface area contributed by atoms with Crippen molar-refractivity contribution in [2.75, 3.05) is 31.1 Å². The fraction of sp³-hybridized carbons (Fsp3) is 0.579. The van der Waals surface area contributed by atoms with Gasteiger partial charge in [0.25, 0.3) is 5.91 Å². The van der Waals surface area contributed by atoms with Crippen molar-refractivity contribution in [1.29, 1.82) is 0 Å². The number of anilines is 1. The van der Waals surface area contributed by atoms with Crippen LogP contribution in [0, 0.1) is 11.8 Å². The average molecular weight is 311 g/mol. The van der Waals surface area contributed by atoms with E-state index in [4.69, 9.17) is 0 Å². The first kappa shape index (κ1) is 14.7. The Morgan fingerprint density at radius 3 is 2.43 bits per heavy atom. The van der Waals surface area contributed by atoms with E-state index in [1.165, 1.54) is 19.3 Å². The average Bonchev–Trinajstić information content (AvgIpc) is 3.06. The van der Waals surface area contributed by atoms with Crippen molar-refractivity contribution in [1.82, 2.24) is 9.88 Å². The molecule has 0 N–H and O–H groups in total. The van der Waals surface area contributed by atoms with Crippen LogP contribution in [0.4, 0.5) is 5.82 Å². The highest BCUT2D eigenvalue weighted by Crippen LogP contribution is 2.36. The van der Waals surface area contributed by atoms with Gasteiger partial charge in [0.05, 0.1) is 5.56 Å². The van der Waals surface area contributed by atoms with Gasteiger partial charge in [-0.3, -0.25) is 4.79 Å². The Hall–Kier alpha value is -1.84. The fourth-order valence-electron chi connectivity index (χ4n) is 4.27. The maximum Gasteiger partial charge on any atom is 0.257 e. The third kappa shape index (κ3) is 2.87. The van der Waals surface area contributed by atoms with Crippen LogP contribution in [-0.4, -0.2) is 42.0 Å². The van der Waals surface area contributed by atoms with E-state index in [9.17, 15) is 4.79 Å². The number of pyridine rings is 1. The van der Waals surface area contributed by atoms with Gasteiger partial charge in [-0.2, -0.15) is 0 Å². The Balaban J connectivity index is 1.56. The number of hydrogen-bond donors (Lipinski definition) is 0. The number of likely N-dealkylation sites (tertiary alicyclic amines) is 1. The normalized spacial score (nSPS) is 27.1. The Morgan fingerprint density at radius 2 is 1.74 bits per heavy atom. The van der Waals surface area contributed by atoms with E-state index in [0.717, 1.165) is 62.2 Å². The van der Waals surface area contributed by atoms with Gasteiger partial charge in [-0.15, -0.1) is 0 Å². The van der Waals surface area contributed by atoms with Gasteiger partial charge in [0.2, 0.25) is 0 Å². The summed E-state index contributed by atoms with van der Waals surface area (Å²) in [7, 11) is 0. The topological polar surface area (TPSA) is 36.4 Å². The Morgan fingerprint density at radius 1 is 1.04 bits per heavy atom. The molecule has 4 heteroatoms. The van der Waals surface area contributed by atoms with Crippen LogP contribution < -0.4 is 4.90 Å². The summed E-state index contributed by atoms with van der Waals surface area (Å²) in [6, 6.07) is 3.85. The van der Waals surface area contributed by atoms with Crippen molar-refractivity contribution >= 4 is 11.7 Å². The molecule has 3 aliphatic rings. The van der Waals surface area contributed by atoms with Crippen molar-refractivity contribution in [2.24, 2.45) is 11.8 Å². The highest BCUT2D eigenvalue weighted by molar-refractivity contribution is 5.99. The van der Waals surface area contributed by atoms with Crippen molar-refractivity contribution < 1.29 is 4.79 Å². The molecule has 0 saturated carbocycles. The number of aromatic nitrogens is 1. The first-order valence-electron chi connectivity index (χ1n) is 8.97. The maximum absolute atomic E-state index is 12.9. The summed E-state index contributed by atoms with van der Waals surface area (Å²) < 4.78 is 0. The molecule has 4 rings (SSSR count). The molecule has 2 atom stereocenters. The lowest BCUT2D eigenvalue weighted by Gasteiger charge is -2.28. The van der Waals surface area contributed by atoms with Gasteiger partial charge in [-0.1, -0.05) is 12.2 Å². The number of carbonyl (C=O) groups excluding carboxylic acids is 1. The zero-order valence-corrected chi connectivity index (χ0v) is 13.7. The summed E-state index contributed by atoms with van der Waals surface area (Å²) in [5.74, 6) is 2.51. The van der Waals surface area contributed by atoms with E-state index >= 15 is 0 Å². The third-order valence-corrected chi connectivity index (χ3v) is 5.58. The van der Waals surface area contributed by atoms with Crippen LogP contribution in [0.5, 0.6) is 0 Å². The smallest absolute Gasteiger partial charge is 0.257 e. The summed E-state index contributed by atoms with van der Waals surface area (Å²) in [6.45, 7) is 3.85. The van der Waals surface area contributed by atoms with Crippen molar-refractivity contribution in [3.05, 3.63) is 36.0 Å². The largest absolute Gasteiger partial charge is 0.355 e. The quantitative estimate of drug-likeness (QED) is 0.788. The number of fused-ring (bicyclic) bond motifs is 1. The van der Waals surface area contributed by atoms with Crippen molar-refractivity contribution in [3.8, 4) is 0 Å². The number of amides is 1. The van der Waals surface area contributed by atoms with Crippen molar-refractivity contribution in [2.45, 2.75) is 32.1 Å². The van der Waals surface area contributed by atoms with Crippen LogP contribution in [0.15, 0.2) is 30.5 Å². The number of hydrogen-bond acceptors (Lipinski definition) is 3. The van der Waals surface area contributed by atoms with Crippen molar-refractivity contribution in [3.63, 3.8) is 0 Å². The SMILES string of the molecule is O=C(c1cccnc1N1CC2CC=CCC2C1)N1CCCCC1. The molecule has 1 aromatic heterocycles. The van der Waals surface area contributed by atoms with Crippen LogP contribution >= 0.6 is 0 Å². The number of rotatable bonds is 2. The molecule has 122 valence electrons. The van der Waals surface area contributed by atoms with Gasteiger partial charge < -0.3 is 9.80 Å². The van der Waals surface area contributed by atoms with E-state index < -0.39 is 0 Å². The molecule has 1 amide bonds. The number of carbonyl (C=O) groups is 1. The third-order valence-electron chi connectivity index (χ3n) is 5.58. The molecule has 23 heavy (non-hydrogen) atoms.